The van der Waals surface area contributed by atoms with Gasteiger partial charge in [0.1, 0.15) is 0 Å². The fourth-order valence-corrected chi connectivity index (χ4v) is 1.60. The lowest BCUT2D eigenvalue weighted by Gasteiger charge is -2.22. The number of hydrogen-bond acceptors (Lipinski definition) is 1. The highest BCUT2D eigenvalue weighted by molar-refractivity contribution is 4.73. The van der Waals surface area contributed by atoms with Crippen LogP contribution in [0.4, 0.5) is 0 Å². The maximum absolute atomic E-state index is 2.38. The smallest absolute Gasteiger partial charge is 0.0279 e. The van der Waals surface area contributed by atoms with Crippen LogP contribution in [0.5, 0.6) is 0 Å². The second-order valence-electron chi connectivity index (χ2n) is 3.98. The van der Waals surface area contributed by atoms with Gasteiger partial charge in [-0.1, -0.05) is 34.6 Å². The van der Waals surface area contributed by atoms with Crippen molar-refractivity contribution in [2.45, 2.75) is 41.0 Å². The molecule has 0 rings (SSSR count). The normalized spacial score (nSPS) is 14.2. The largest absolute Gasteiger partial charge is 0.299 e. The molecule has 0 heterocycles. The van der Waals surface area contributed by atoms with Crippen molar-refractivity contribution in [3.8, 4) is 0 Å². The monoisotopic (exact) mass is 170 g/mol. The Bertz CT molecular complexity index is 95.2. The zero-order chi connectivity index (χ0) is 9.56. The molecule has 0 aromatic heterocycles. The molecule has 0 saturated heterocycles. The topological polar surface area (TPSA) is 3.24 Å². The quantitative estimate of drug-likeness (QED) is 0.592. The van der Waals surface area contributed by atoms with Crippen LogP contribution >= 0.6 is 0 Å². The molecule has 12 heavy (non-hydrogen) atoms. The molecule has 0 N–H and O–H groups in total. The molecule has 0 amide bonds. The van der Waals surface area contributed by atoms with Crippen LogP contribution in [0.15, 0.2) is 0 Å². The van der Waals surface area contributed by atoms with Gasteiger partial charge in [-0.05, 0) is 31.3 Å². The third-order valence-corrected chi connectivity index (χ3v) is 2.12. The van der Waals surface area contributed by atoms with Gasteiger partial charge in [0, 0.05) is 6.54 Å². The summed E-state index contributed by atoms with van der Waals surface area (Å²) in [6.07, 6.45) is 1.30. The molecule has 0 aliphatic heterocycles. The maximum Gasteiger partial charge on any atom is 0.0279 e. The molecular formula is C11H24N. The predicted molar refractivity (Wildman–Crippen MR) is 55.8 cm³/mol. The van der Waals surface area contributed by atoms with Crippen molar-refractivity contribution in [2.24, 2.45) is 11.8 Å². The van der Waals surface area contributed by atoms with Crippen LogP contribution in [-0.2, 0) is 0 Å². The minimum atomic E-state index is 0.727. The second-order valence-corrected chi connectivity index (χ2v) is 3.98. The van der Waals surface area contributed by atoms with Gasteiger partial charge in [-0.25, -0.2) is 0 Å². The van der Waals surface area contributed by atoms with Gasteiger partial charge in [0.2, 0.25) is 0 Å². The molecule has 1 atom stereocenters. The average molecular weight is 170 g/mol. The third-order valence-electron chi connectivity index (χ3n) is 2.12. The summed E-state index contributed by atoms with van der Waals surface area (Å²) in [4.78, 5) is 2.38. The first-order valence-electron chi connectivity index (χ1n) is 5.19. The molecule has 0 bridgehead atoms. The Balaban J connectivity index is 3.58. The van der Waals surface area contributed by atoms with E-state index in [-0.39, 0.29) is 0 Å². The Morgan fingerprint density at radius 3 is 1.92 bits per heavy atom. The van der Waals surface area contributed by atoms with E-state index in [1.54, 1.807) is 0 Å². The van der Waals surface area contributed by atoms with Crippen LogP contribution in [0, 0.1) is 18.4 Å². The lowest BCUT2D eigenvalue weighted by molar-refractivity contribution is 0.306. The molecule has 0 saturated carbocycles. The van der Waals surface area contributed by atoms with E-state index in [0.717, 1.165) is 24.9 Å². The maximum atomic E-state index is 2.38. The summed E-state index contributed by atoms with van der Waals surface area (Å²) in [5.74, 6) is 1.54. The predicted octanol–water partition coefficient (Wildman–Crippen LogP) is 3.17. The minimum absolute atomic E-state index is 0.727. The lowest BCUT2D eigenvalue weighted by atomic mass is 9.98. The highest BCUT2D eigenvalue weighted by atomic mass is 15.1. The van der Waals surface area contributed by atoms with Crippen LogP contribution in [0.25, 0.3) is 0 Å². The van der Waals surface area contributed by atoms with Crippen molar-refractivity contribution in [1.82, 2.24) is 4.90 Å². The minimum Gasteiger partial charge on any atom is -0.299 e. The first kappa shape index (κ1) is 12.0. The van der Waals surface area contributed by atoms with Crippen molar-refractivity contribution in [3.63, 3.8) is 0 Å². The molecule has 0 aliphatic carbocycles. The lowest BCUT2D eigenvalue weighted by Crippen LogP contribution is -2.23. The molecule has 0 spiro atoms. The van der Waals surface area contributed by atoms with Gasteiger partial charge in [0.05, 0.1) is 0 Å². The summed E-state index contributed by atoms with van der Waals surface area (Å²) < 4.78 is 0. The molecule has 73 valence electrons. The zero-order valence-electron chi connectivity index (χ0n) is 9.30. The first-order chi connectivity index (χ1) is 5.60. The van der Waals surface area contributed by atoms with Crippen LogP contribution in [0.3, 0.4) is 0 Å². The van der Waals surface area contributed by atoms with E-state index in [1.807, 2.05) is 0 Å². The molecule has 0 aliphatic rings. The number of hydrogen-bond donors (Lipinski definition) is 0. The van der Waals surface area contributed by atoms with Crippen LogP contribution in [0.2, 0.25) is 0 Å². The van der Waals surface area contributed by atoms with Crippen LogP contribution in [0.1, 0.15) is 41.0 Å². The van der Waals surface area contributed by atoms with Gasteiger partial charge in [0.15, 0.2) is 0 Å². The Kier molecular flexibility index (Phi) is 6.45. The van der Waals surface area contributed by atoms with Crippen molar-refractivity contribution in [1.29, 1.82) is 0 Å². The van der Waals surface area contributed by atoms with E-state index in [1.165, 1.54) is 6.42 Å². The molecule has 1 heteroatoms. The molecule has 1 nitrogen and oxygen atoms in total. The van der Waals surface area contributed by atoms with E-state index < -0.39 is 0 Å². The zero-order valence-corrected chi connectivity index (χ0v) is 9.30. The van der Waals surface area contributed by atoms with E-state index in [4.69, 9.17) is 0 Å². The molecule has 0 aromatic carbocycles. The van der Waals surface area contributed by atoms with Crippen molar-refractivity contribution < 1.29 is 0 Å². The standard InChI is InChI=1S/C11H24N/c1-6-12(7-2)9-11(5)8-10(3)4/h9-11H,6-8H2,1-5H3. The van der Waals surface area contributed by atoms with Gasteiger partial charge in [-0.3, -0.25) is 4.90 Å². The molecule has 1 radical (unpaired) electrons. The summed E-state index contributed by atoms with van der Waals surface area (Å²) in [5, 5.41) is 0. The van der Waals surface area contributed by atoms with Crippen molar-refractivity contribution in [2.75, 3.05) is 13.1 Å². The van der Waals surface area contributed by atoms with E-state index in [2.05, 4.69) is 46.1 Å². The third kappa shape index (κ3) is 5.59. The van der Waals surface area contributed by atoms with E-state index in [0.29, 0.717) is 0 Å². The fourth-order valence-electron chi connectivity index (χ4n) is 1.60. The Morgan fingerprint density at radius 1 is 1.08 bits per heavy atom. The second kappa shape index (κ2) is 6.47. The van der Waals surface area contributed by atoms with Crippen molar-refractivity contribution in [3.05, 3.63) is 6.54 Å². The summed E-state index contributed by atoms with van der Waals surface area (Å²) in [6.45, 7) is 15.9. The van der Waals surface area contributed by atoms with E-state index in [9.17, 15) is 0 Å². The van der Waals surface area contributed by atoms with Gasteiger partial charge < -0.3 is 0 Å². The van der Waals surface area contributed by atoms with Crippen LogP contribution in [-0.4, -0.2) is 18.0 Å². The summed E-state index contributed by atoms with van der Waals surface area (Å²) >= 11 is 0. The fraction of sp³-hybridized carbons (Fsp3) is 0.909. The summed E-state index contributed by atoms with van der Waals surface area (Å²) in [5.41, 5.74) is 0. The Labute approximate surface area is 78.1 Å². The SMILES string of the molecule is CCN([CH]C(C)CC(C)C)CC. The number of rotatable bonds is 6. The number of nitrogens with zero attached hydrogens (tertiary/aromatic N) is 1. The van der Waals surface area contributed by atoms with E-state index >= 15 is 0 Å². The highest BCUT2D eigenvalue weighted by Crippen LogP contribution is 2.15. The Morgan fingerprint density at radius 2 is 1.58 bits per heavy atom. The van der Waals surface area contributed by atoms with Gasteiger partial charge in [-0.2, -0.15) is 0 Å². The summed E-state index contributed by atoms with van der Waals surface area (Å²) in [7, 11) is 0. The summed E-state index contributed by atoms with van der Waals surface area (Å²) in [6, 6.07) is 0. The molecular weight excluding hydrogens is 146 g/mol. The molecule has 0 fully saturated rings. The molecule has 1 unspecified atom stereocenters. The Hall–Kier alpha value is -0.0400. The average Bonchev–Trinajstić information content (AvgIpc) is 1.98. The first-order valence-corrected chi connectivity index (χ1v) is 5.19. The van der Waals surface area contributed by atoms with Crippen LogP contribution < -0.4 is 0 Å². The van der Waals surface area contributed by atoms with Gasteiger partial charge in [-0.15, -0.1) is 0 Å². The van der Waals surface area contributed by atoms with Gasteiger partial charge >= 0.3 is 0 Å². The highest BCUT2D eigenvalue weighted by Gasteiger charge is 2.08. The van der Waals surface area contributed by atoms with Gasteiger partial charge in [0.25, 0.3) is 0 Å². The van der Waals surface area contributed by atoms with Crippen molar-refractivity contribution >= 4 is 0 Å². The molecule has 0 aromatic rings.